The normalized spacial score (nSPS) is 11.8. The number of anilines is 1. The van der Waals surface area contributed by atoms with Gasteiger partial charge in [0.05, 0.1) is 16.8 Å². The van der Waals surface area contributed by atoms with Crippen molar-refractivity contribution in [3.63, 3.8) is 0 Å². The van der Waals surface area contributed by atoms with Crippen molar-refractivity contribution >= 4 is 23.5 Å². The highest BCUT2D eigenvalue weighted by molar-refractivity contribution is 6.25. The Labute approximate surface area is 171 Å². The summed E-state index contributed by atoms with van der Waals surface area (Å²) in [5, 5.41) is 2.21. The Hall–Kier alpha value is -3.67. The molecule has 0 spiro atoms. The van der Waals surface area contributed by atoms with Gasteiger partial charge in [0.25, 0.3) is 5.91 Å². The van der Waals surface area contributed by atoms with Crippen LogP contribution in [0.2, 0.25) is 0 Å². The van der Waals surface area contributed by atoms with Gasteiger partial charge >= 0.3 is 6.18 Å². The molecule has 0 unspecified atom stereocenters. The number of rotatable bonds is 5. The molecular weight excluding hydrogens is 391 g/mol. The number of Topliss-reactive ketones (excluding diaryl/α,β-unsaturated/α-hetero) is 1. The fourth-order valence-electron chi connectivity index (χ4n) is 2.93. The first-order valence-corrected chi connectivity index (χ1v) is 9.11. The van der Waals surface area contributed by atoms with Crippen molar-refractivity contribution < 1.29 is 22.8 Å². The van der Waals surface area contributed by atoms with Crippen molar-refractivity contribution in [2.24, 2.45) is 0 Å². The number of hydrogen-bond donors (Lipinski definition) is 1. The lowest BCUT2D eigenvalue weighted by Crippen LogP contribution is -2.21. The van der Waals surface area contributed by atoms with E-state index in [0.717, 1.165) is 23.3 Å². The quantitative estimate of drug-likeness (QED) is 0.320. The van der Waals surface area contributed by atoms with E-state index in [1.165, 1.54) is 25.1 Å². The van der Waals surface area contributed by atoms with Gasteiger partial charge in [-0.05, 0) is 41.8 Å². The van der Waals surface area contributed by atoms with E-state index in [1.807, 2.05) is 42.5 Å². The third-order valence-electron chi connectivity index (χ3n) is 4.43. The van der Waals surface area contributed by atoms with Crippen molar-refractivity contribution in [3.05, 3.63) is 95.6 Å². The summed E-state index contributed by atoms with van der Waals surface area (Å²) in [5.74, 6) is -1.45. The molecule has 0 heterocycles. The highest BCUT2D eigenvalue weighted by atomic mass is 19.4. The second kappa shape index (κ2) is 8.78. The molecule has 3 aromatic rings. The third-order valence-corrected chi connectivity index (χ3v) is 4.43. The molecule has 0 aliphatic heterocycles. The topological polar surface area (TPSA) is 46.2 Å². The van der Waals surface area contributed by atoms with Crippen LogP contribution in [0.25, 0.3) is 17.2 Å². The molecule has 152 valence electrons. The standard InChI is InChI=1S/C24H18F3NO2/c1-16(29)20(23(30)28-22-10-6-5-9-21(22)24(25,26)27)15-17-11-13-19(14-12-17)18-7-3-2-4-8-18/h2-15H,1H3,(H,28,30)/b20-15+. The maximum absolute atomic E-state index is 13.2. The molecule has 0 aromatic heterocycles. The Bertz CT molecular complexity index is 1090. The summed E-state index contributed by atoms with van der Waals surface area (Å²) < 4.78 is 39.5. The highest BCUT2D eigenvalue weighted by Crippen LogP contribution is 2.34. The first-order valence-electron chi connectivity index (χ1n) is 9.11. The first kappa shape index (κ1) is 21.0. The molecule has 0 atom stereocenters. The number of benzene rings is 3. The van der Waals surface area contributed by atoms with E-state index in [9.17, 15) is 22.8 Å². The molecule has 3 nitrogen and oxygen atoms in total. The smallest absolute Gasteiger partial charge is 0.321 e. The van der Waals surface area contributed by atoms with Crippen molar-refractivity contribution in [3.8, 4) is 11.1 Å². The monoisotopic (exact) mass is 409 g/mol. The van der Waals surface area contributed by atoms with Crippen LogP contribution in [0.5, 0.6) is 0 Å². The number of amides is 1. The van der Waals surface area contributed by atoms with Gasteiger partial charge in [-0.3, -0.25) is 9.59 Å². The molecule has 1 N–H and O–H groups in total. The Balaban J connectivity index is 1.87. The molecular formula is C24H18F3NO2. The molecule has 3 rings (SSSR count). The minimum atomic E-state index is -4.63. The lowest BCUT2D eigenvalue weighted by atomic mass is 10.0. The predicted molar refractivity (Wildman–Crippen MR) is 111 cm³/mol. The van der Waals surface area contributed by atoms with E-state index < -0.39 is 29.1 Å². The number of carbonyl (C=O) groups is 2. The SMILES string of the molecule is CC(=O)/C(=C\c1ccc(-c2ccccc2)cc1)C(=O)Nc1ccccc1C(F)(F)F. The van der Waals surface area contributed by atoms with E-state index in [4.69, 9.17) is 0 Å². The second-order valence-corrected chi connectivity index (χ2v) is 6.60. The van der Waals surface area contributed by atoms with E-state index in [0.29, 0.717) is 5.56 Å². The minimum absolute atomic E-state index is 0.237. The number of para-hydroxylation sites is 1. The molecule has 0 aliphatic carbocycles. The van der Waals surface area contributed by atoms with Gasteiger partial charge < -0.3 is 5.32 Å². The zero-order chi connectivity index (χ0) is 21.7. The predicted octanol–water partition coefficient (Wildman–Crippen LogP) is 5.98. The van der Waals surface area contributed by atoms with Gasteiger partial charge in [0.15, 0.2) is 5.78 Å². The minimum Gasteiger partial charge on any atom is -0.321 e. The lowest BCUT2D eigenvalue weighted by molar-refractivity contribution is -0.137. The van der Waals surface area contributed by atoms with Crippen LogP contribution in [0.4, 0.5) is 18.9 Å². The Morgan fingerprint density at radius 1 is 0.800 bits per heavy atom. The highest BCUT2D eigenvalue weighted by Gasteiger charge is 2.33. The van der Waals surface area contributed by atoms with Gasteiger partial charge in [-0.2, -0.15) is 13.2 Å². The van der Waals surface area contributed by atoms with Crippen LogP contribution in [-0.4, -0.2) is 11.7 Å². The van der Waals surface area contributed by atoms with Gasteiger partial charge in [-0.15, -0.1) is 0 Å². The summed E-state index contributed by atoms with van der Waals surface area (Å²) in [7, 11) is 0. The van der Waals surface area contributed by atoms with Crippen molar-refractivity contribution in [2.45, 2.75) is 13.1 Å². The van der Waals surface area contributed by atoms with Crippen molar-refractivity contribution in [1.82, 2.24) is 0 Å². The second-order valence-electron chi connectivity index (χ2n) is 6.60. The average Bonchev–Trinajstić information content (AvgIpc) is 2.72. The molecule has 0 saturated carbocycles. The first-order chi connectivity index (χ1) is 14.3. The number of halogens is 3. The summed E-state index contributed by atoms with van der Waals surface area (Å²) in [4.78, 5) is 24.6. The number of carbonyl (C=O) groups excluding carboxylic acids is 2. The van der Waals surface area contributed by atoms with Crippen LogP contribution in [0.3, 0.4) is 0 Å². The third kappa shape index (κ3) is 5.03. The van der Waals surface area contributed by atoms with E-state index in [1.54, 1.807) is 12.1 Å². The molecule has 0 saturated heterocycles. The van der Waals surface area contributed by atoms with E-state index in [-0.39, 0.29) is 5.57 Å². The Morgan fingerprint density at radius 2 is 1.37 bits per heavy atom. The van der Waals surface area contributed by atoms with Crippen molar-refractivity contribution in [1.29, 1.82) is 0 Å². The van der Waals surface area contributed by atoms with Crippen LogP contribution in [0.15, 0.2) is 84.4 Å². The van der Waals surface area contributed by atoms with Crippen molar-refractivity contribution in [2.75, 3.05) is 5.32 Å². The van der Waals surface area contributed by atoms with Gasteiger partial charge in [-0.1, -0.05) is 66.7 Å². The maximum atomic E-state index is 13.2. The summed E-state index contributed by atoms with van der Waals surface area (Å²) in [6.07, 6.45) is -3.26. The van der Waals surface area contributed by atoms with Gasteiger partial charge in [0.1, 0.15) is 0 Å². The molecule has 30 heavy (non-hydrogen) atoms. The van der Waals surface area contributed by atoms with Crippen LogP contribution in [0, 0.1) is 0 Å². The lowest BCUT2D eigenvalue weighted by Gasteiger charge is -2.14. The van der Waals surface area contributed by atoms with Crippen LogP contribution >= 0.6 is 0 Å². The van der Waals surface area contributed by atoms with E-state index in [2.05, 4.69) is 5.32 Å². The van der Waals surface area contributed by atoms with E-state index >= 15 is 0 Å². The fourth-order valence-corrected chi connectivity index (χ4v) is 2.93. The summed E-state index contributed by atoms with van der Waals surface area (Å²) in [5.41, 5.74) is 0.940. The zero-order valence-corrected chi connectivity index (χ0v) is 16.0. The fraction of sp³-hybridized carbons (Fsp3) is 0.0833. The molecule has 1 amide bonds. The number of ketones is 1. The van der Waals surface area contributed by atoms with Crippen LogP contribution in [-0.2, 0) is 15.8 Å². The Morgan fingerprint density at radius 3 is 1.97 bits per heavy atom. The van der Waals surface area contributed by atoms with Crippen LogP contribution < -0.4 is 5.32 Å². The van der Waals surface area contributed by atoms with Gasteiger partial charge in [0.2, 0.25) is 0 Å². The molecule has 6 heteroatoms. The zero-order valence-electron chi connectivity index (χ0n) is 16.0. The summed E-state index contributed by atoms with van der Waals surface area (Å²) in [6, 6.07) is 21.4. The number of hydrogen-bond acceptors (Lipinski definition) is 2. The Kier molecular flexibility index (Phi) is 6.16. The number of nitrogens with one attached hydrogen (secondary N) is 1. The molecule has 0 bridgehead atoms. The summed E-state index contributed by atoms with van der Waals surface area (Å²) in [6.45, 7) is 1.19. The average molecular weight is 409 g/mol. The summed E-state index contributed by atoms with van der Waals surface area (Å²) >= 11 is 0. The van der Waals surface area contributed by atoms with Gasteiger partial charge in [0, 0.05) is 0 Å². The molecule has 3 aromatic carbocycles. The maximum Gasteiger partial charge on any atom is 0.418 e. The number of alkyl halides is 3. The molecule has 0 radical (unpaired) electrons. The molecule has 0 fully saturated rings. The van der Waals surface area contributed by atoms with Crippen LogP contribution in [0.1, 0.15) is 18.1 Å². The largest absolute Gasteiger partial charge is 0.418 e. The van der Waals surface area contributed by atoms with Gasteiger partial charge in [-0.25, -0.2) is 0 Å². The molecule has 0 aliphatic rings.